The van der Waals surface area contributed by atoms with E-state index in [1.807, 2.05) is 0 Å². The molecule has 8 nitrogen and oxygen atoms in total. The van der Waals surface area contributed by atoms with Gasteiger partial charge in [0.15, 0.2) is 0 Å². The van der Waals surface area contributed by atoms with E-state index in [1.165, 1.54) is 11.3 Å². The van der Waals surface area contributed by atoms with Crippen LogP contribution in [-0.4, -0.2) is 56.4 Å². The summed E-state index contributed by atoms with van der Waals surface area (Å²) in [6.45, 7) is 9.87. The van der Waals surface area contributed by atoms with Crippen LogP contribution in [0.15, 0.2) is 33.9 Å². The van der Waals surface area contributed by atoms with Gasteiger partial charge in [-0.15, -0.1) is 0 Å². The molecule has 0 atom stereocenters. The number of benzene rings is 1. The number of likely N-dealkylation sites (tertiary alicyclic amines) is 1. The first-order valence-corrected chi connectivity index (χ1v) is 11.5. The molecule has 8 heteroatoms. The second kappa shape index (κ2) is 11.0. The second-order valence-electron chi connectivity index (χ2n) is 8.21. The van der Waals surface area contributed by atoms with Gasteiger partial charge in [-0.1, -0.05) is 12.1 Å². The highest BCUT2D eigenvalue weighted by Crippen LogP contribution is 2.21. The highest BCUT2D eigenvalue weighted by Gasteiger charge is 2.27. The maximum atomic E-state index is 12.1. The molecular weight excluding hydrogens is 408 g/mol. The second-order valence-corrected chi connectivity index (χ2v) is 8.21. The number of nitrogens with one attached hydrogen (secondary N) is 2. The summed E-state index contributed by atoms with van der Waals surface area (Å²) in [6, 6.07) is 8.48. The van der Waals surface area contributed by atoms with Crippen LogP contribution in [0.4, 0.5) is 21.9 Å². The van der Waals surface area contributed by atoms with Crippen molar-refractivity contribution in [1.82, 2.24) is 4.90 Å². The smallest absolute Gasteiger partial charge is 0.409 e. The fraction of sp³-hybridized carbons (Fsp3) is 0.542. The number of rotatable bonds is 10. The molecule has 2 N–H and O–H groups in total. The molecule has 0 bridgehead atoms. The average molecular weight is 443 g/mol. The number of nitrogens with zero attached hydrogens (tertiary/aromatic N) is 2. The lowest BCUT2D eigenvalue weighted by Crippen LogP contribution is -2.45. The molecule has 0 radical (unpaired) electrons. The third kappa shape index (κ3) is 5.60. The van der Waals surface area contributed by atoms with Gasteiger partial charge in [0.1, 0.15) is 11.4 Å². The molecule has 0 aromatic heterocycles. The molecular formula is C24H34N4O4. The Kier molecular flexibility index (Phi) is 8.14. The summed E-state index contributed by atoms with van der Waals surface area (Å²) in [7, 11) is 0. The zero-order valence-electron chi connectivity index (χ0n) is 19.3. The van der Waals surface area contributed by atoms with E-state index in [0.29, 0.717) is 50.5 Å². The SMILES string of the molecule is CCOC(=O)N1CCC(Nc2c(NCCCN(CC)c3cccc(C)c3)c(=O)c2=O)CC1. The average Bonchev–Trinajstić information content (AvgIpc) is 2.80. The molecule has 174 valence electrons. The number of amides is 1. The van der Waals surface area contributed by atoms with Crippen molar-refractivity contribution in [1.29, 1.82) is 0 Å². The van der Waals surface area contributed by atoms with Crippen LogP contribution in [0.2, 0.25) is 0 Å². The third-order valence-corrected chi connectivity index (χ3v) is 5.93. The predicted octanol–water partition coefficient (Wildman–Crippen LogP) is 2.95. The Labute approximate surface area is 189 Å². The lowest BCUT2D eigenvalue weighted by atomic mass is 10.0. The Morgan fingerprint density at radius 3 is 2.53 bits per heavy atom. The Balaban J connectivity index is 1.48. The molecule has 1 fully saturated rings. The Bertz CT molecular complexity index is 975. The number of piperidine rings is 1. The summed E-state index contributed by atoms with van der Waals surface area (Å²) in [6.07, 6.45) is 1.96. The first kappa shape index (κ1) is 23.6. The van der Waals surface area contributed by atoms with E-state index in [9.17, 15) is 14.4 Å². The Morgan fingerprint density at radius 1 is 1.16 bits per heavy atom. The monoisotopic (exact) mass is 442 g/mol. The molecule has 0 aliphatic carbocycles. The summed E-state index contributed by atoms with van der Waals surface area (Å²) >= 11 is 0. The van der Waals surface area contributed by atoms with Crippen LogP contribution < -0.4 is 26.4 Å². The minimum Gasteiger partial charge on any atom is -0.450 e. The molecule has 1 heterocycles. The Hall–Kier alpha value is -3.03. The lowest BCUT2D eigenvalue weighted by molar-refractivity contribution is 0.0983. The van der Waals surface area contributed by atoms with Gasteiger partial charge in [-0.3, -0.25) is 9.59 Å². The lowest BCUT2D eigenvalue weighted by Gasteiger charge is -2.32. The van der Waals surface area contributed by atoms with Crippen LogP contribution in [-0.2, 0) is 4.74 Å². The number of hydrogen-bond acceptors (Lipinski definition) is 7. The van der Waals surface area contributed by atoms with Gasteiger partial charge in [0.2, 0.25) is 0 Å². The van der Waals surface area contributed by atoms with E-state index in [4.69, 9.17) is 4.74 Å². The van der Waals surface area contributed by atoms with Crippen molar-refractivity contribution in [2.24, 2.45) is 0 Å². The minimum atomic E-state index is -0.463. The fourth-order valence-electron chi connectivity index (χ4n) is 4.10. The number of hydrogen-bond donors (Lipinski definition) is 2. The van der Waals surface area contributed by atoms with Crippen molar-refractivity contribution in [2.45, 2.75) is 46.1 Å². The van der Waals surface area contributed by atoms with Crippen LogP contribution in [0.3, 0.4) is 0 Å². The van der Waals surface area contributed by atoms with E-state index >= 15 is 0 Å². The summed E-state index contributed by atoms with van der Waals surface area (Å²) in [5, 5.41) is 6.39. The predicted molar refractivity (Wildman–Crippen MR) is 129 cm³/mol. The van der Waals surface area contributed by atoms with Crippen molar-refractivity contribution in [3.8, 4) is 0 Å². The molecule has 0 saturated carbocycles. The number of ether oxygens (including phenoxy) is 1. The summed E-state index contributed by atoms with van der Waals surface area (Å²) in [5.74, 6) is 0. The molecule has 1 aliphatic rings. The maximum Gasteiger partial charge on any atom is 0.409 e. The molecule has 3 rings (SSSR count). The van der Waals surface area contributed by atoms with Gasteiger partial charge in [-0.05, 0) is 57.7 Å². The summed E-state index contributed by atoms with van der Waals surface area (Å²) in [5.41, 5.74) is 2.28. The van der Waals surface area contributed by atoms with E-state index in [0.717, 1.165) is 19.5 Å². The summed E-state index contributed by atoms with van der Waals surface area (Å²) < 4.78 is 5.04. The highest BCUT2D eigenvalue weighted by molar-refractivity contribution is 5.74. The molecule has 2 aromatic carbocycles. The maximum absolute atomic E-state index is 12.1. The number of aryl methyl sites for hydroxylation is 1. The number of carbonyl (C=O) groups excluding carboxylic acids is 1. The molecule has 32 heavy (non-hydrogen) atoms. The van der Waals surface area contributed by atoms with Crippen molar-refractivity contribution < 1.29 is 9.53 Å². The highest BCUT2D eigenvalue weighted by atomic mass is 16.6. The topological polar surface area (TPSA) is 91.0 Å². The largest absolute Gasteiger partial charge is 0.450 e. The van der Waals surface area contributed by atoms with Crippen molar-refractivity contribution in [2.75, 3.05) is 54.9 Å². The molecule has 1 aliphatic heterocycles. The third-order valence-electron chi connectivity index (χ3n) is 5.93. The van der Waals surface area contributed by atoms with Gasteiger partial charge in [0.05, 0.1) is 6.61 Å². The van der Waals surface area contributed by atoms with Crippen molar-refractivity contribution in [3.63, 3.8) is 0 Å². The van der Waals surface area contributed by atoms with Crippen molar-refractivity contribution >= 4 is 23.2 Å². The number of anilines is 3. The zero-order valence-corrected chi connectivity index (χ0v) is 19.3. The van der Waals surface area contributed by atoms with Gasteiger partial charge in [-0.25, -0.2) is 4.79 Å². The molecule has 0 spiro atoms. The zero-order chi connectivity index (χ0) is 23.1. The van der Waals surface area contributed by atoms with Gasteiger partial charge >= 0.3 is 6.09 Å². The molecule has 1 saturated heterocycles. The normalized spacial score (nSPS) is 14.4. The van der Waals surface area contributed by atoms with Gasteiger partial charge in [0, 0.05) is 44.5 Å². The Morgan fingerprint density at radius 2 is 1.88 bits per heavy atom. The van der Waals surface area contributed by atoms with E-state index in [-0.39, 0.29) is 12.1 Å². The van der Waals surface area contributed by atoms with Crippen LogP contribution >= 0.6 is 0 Å². The van der Waals surface area contributed by atoms with Crippen LogP contribution in [0, 0.1) is 6.92 Å². The summed E-state index contributed by atoms with van der Waals surface area (Å²) in [4.78, 5) is 40.0. The first-order chi connectivity index (χ1) is 15.4. The van der Waals surface area contributed by atoms with Gasteiger partial charge < -0.3 is 25.2 Å². The van der Waals surface area contributed by atoms with Crippen molar-refractivity contribution in [3.05, 3.63) is 50.3 Å². The van der Waals surface area contributed by atoms with E-state index < -0.39 is 10.9 Å². The van der Waals surface area contributed by atoms with Gasteiger partial charge in [0.25, 0.3) is 10.9 Å². The number of carbonyl (C=O) groups is 1. The van der Waals surface area contributed by atoms with E-state index in [2.05, 4.69) is 53.6 Å². The standard InChI is InChI=1S/C24H34N4O4/c1-4-27(19-9-6-8-17(3)16-19)13-7-12-25-20-21(23(30)22(20)29)26-18-10-14-28(15-11-18)24(31)32-5-2/h6,8-9,16,18,25-26H,4-5,7,10-15H2,1-3H3. The van der Waals surface area contributed by atoms with Crippen LogP contribution in [0.5, 0.6) is 0 Å². The van der Waals surface area contributed by atoms with E-state index in [1.54, 1.807) is 11.8 Å². The fourth-order valence-corrected chi connectivity index (χ4v) is 4.10. The quantitative estimate of drug-likeness (QED) is 0.432. The molecule has 0 unspecified atom stereocenters. The van der Waals surface area contributed by atoms with Crippen LogP contribution in [0.25, 0.3) is 0 Å². The minimum absolute atomic E-state index is 0.0569. The van der Waals surface area contributed by atoms with Crippen LogP contribution in [0.1, 0.15) is 38.7 Å². The molecule has 2 aromatic rings. The first-order valence-electron chi connectivity index (χ1n) is 11.5. The molecule has 1 amide bonds. The van der Waals surface area contributed by atoms with Gasteiger partial charge in [-0.2, -0.15) is 0 Å².